The molecule has 0 bridgehead atoms. The Balaban J connectivity index is 1.71. The van der Waals surface area contributed by atoms with Crippen LogP contribution in [0.1, 0.15) is 34.6 Å². The highest BCUT2D eigenvalue weighted by Gasteiger charge is 2.57. The molecule has 0 unspecified atom stereocenters. The van der Waals surface area contributed by atoms with Gasteiger partial charge in [0.1, 0.15) is 17.5 Å². The molecule has 1 amide bonds. The quantitative estimate of drug-likeness (QED) is 0.0578. The minimum Gasteiger partial charge on any atom is -0.293 e. The Morgan fingerprint density at radius 1 is 0.365 bits per heavy atom. The third kappa shape index (κ3) is 9.32. The van der Waals surface area contributed by atoms with Gasteiger partial charge in [0.15, 0.2) is 5.41 Å². The molecule has 0 fully saturated rings. The summed E-state index contributed by atoms with van der Waals surface area (Å²) in [6.45, 7) is 0. The largest absolute Gasteiger partial charge is 0.451 e. The lowest BCUT2D eigenvalue weighted by Crippen LogP contribution is -2.52. The molecule has 0 saturated carbocycles. The number of nitrogens with two attached hydrogens (primary N) is 1. The van der Waals surface area contributed by atoms with Crippen LogP contribution in [0.2, 0.25) is 0 Å². The Morgan fingerprint density at radius 2 is 0.608 bits per heavy atom. The first-order valence-electron chi connectivity index (χ1n) is 21.2. The third-order valence-electron chi connectivity index (χ3n) is 11.3. The number of nitrogens with zero attached hydrogens (tertiary/aromatic N) is 9. The van der Waals surface area contributed by atoms with E-state index in [0.29, 0.717) is 0 Å². The van der Waals surface area contributed by atoms with Gasteiger partial charge in [-0.25, -0.2) is 48.9 Å². The van der Waals surface area contributed by atoms with E-state index in [1.165, 1.54) is 0 Å². The van der Waals surface area contributed by atoms with Gasteiger partial charge in [0, 0.05) is 70.6 Å². The number of halogens is 12. The van der Waals surface area contributed by atoms with E-state index >= 15 is 44.3 Å². The van der Waals surface area contributed by atoms with E-state index in [2.05, 4.69) is 44.9 Å². The number of hydrazine groups is 1. The average Bonchev–Trinajstić information content (AvgIpc) is 3.39. The maximum atomic E-state index is 16.1. The normalized spacial score (nSPS) is 12.2. The highest BCUT2D eigenvalue weighted by Crippen LogP contribution is 2.54. The number of hydrogen-bond donors (Lipinski definition) is 2. The second kappa shape index (κ2) is 19.2. The predicted molar refractivity (Wildman–Crippen MR) is 239 cm³/mol. The lowest BCUT2D eigenvalue weighted by atomic mass is 9.68. The van der Waals surface area contributed by atoms with E-state index in [1.54, 1.807) is 5.43 Å². The molecule has 74 heavy (non-hydrogen) atoms. The van der Waals surface area contributed by atoms with Gasteiger partial charge in [-0.15, -0.1) is 0 Å². The Bertz CT molecular complexity index is 3170. The van der Waals surface area contributed by atoms with Crippen molar-refractivity contribution in [2.45, 2.75) is 23.9 Å². The fourth-order valence-electron chi connectivity index (χ4n) is 8.17. The fourth-order valence-corrected chi connectivity index (χ4v) is 8.17. The molecular formula is C50H27F12N11O. The Labute approximate surface area is 408 Å². The molecule has 3 N–H and O–H groups in total. The molecule has 372 valence electrons. The molecule has 0 atom stereocenters. The number of hydrogen-bond acceptors (Lipinski definition) is 11. The molecule has 0 spiro atoms. The van der Waals surface area contributed by atoms with Crippen LogP contribution in [0.4, 0.5) is 52.7 Å². The molecule has 3 aromatic carbocycles. The molecule has 9 aromatic rings. The molecule has 6 heterocycles. The van der Waals surface area contributed by atoms with Crippen molar-refractivity contribution in [3.63, 3.8) is 0 Å². The third-order valence-corrected chi connectivity index (χ3v) is 11.3. The van der Waals surface area contributed by atoms with Gasteiger partial charge in [0.25, 0.3) is 5.91 Å². The molecule has 0 aliphatic rings. The number of rotatable bonds is 10. The standard InChI is InChI=1S/C50H27F12N11O/c51-31-7-1-25(2-8-31)34-37(28-13-19-64-20-14-28)67-43(48(54,55)56)70-40(34)47(46(74)73-63,41-35(26-3-9-32(52)10-4-26)38(29-15-21-65-22-16-29)68-44(71-41)49(57,58)59)42-36(27-5-11-33(53)12-6-27)39(30-17-23-66-24-18-30)69-45(72-42)50(60,61)62/h1-24H,63H2,(H,73,74). The molecular weight excluding hydrogens is 999 g/mol. The van der Waals surface area contributed by atoms with E-state index < -0.39 is 132 Å². The zero-order valence-electron chi connectivity index (χ0n) is 36.9. The molecule has 12 nitrogen and oxygen atoms in total. The summed E-state index contributed by atoms with van der Waals surface area (Å²) in [5.41, 5.74) is -13.3. The number of aromatic nitrogens is 9. The van der Waals surface area contributed by atoms with Crippen molar-refractivity contribution in [1.82, 2.24) is 50.3 Å². The summed E-state index contributed by atoms with van der Waals surface area (Å²) in [5.74, 6) is -5.21. The summed E-state index contributed by atoms with van der Waals surface area (Å²) < 4.78 is 187. The Kier molecular flexibility index (Phi) is 12.9. The Morgan fingerprint density at radius 3 is 0.824 bits per heavy atom. The van der Waals surface area contributed by atoms with Crippen LogP contribution in [0, 0.1) is 17.5 Å². The van der Waals surface area contributed by atoms with E-state index in [-0.39, 0.29) is 16.7 Å². The van der Waals surface area contributed by atoms with Crippen LogP contribution < -0.4 is 11.3 Å². The van der Waals surface area contributed by atoms with Gasteiger partial charge >= 0.3 is 18.5 Å². The second-order valence-corrected chi connectivity index (χ2v) is 15.8. The molecule has 9 rings (SSSR count). The lowest BCUT2D eigenvalue weighted by molar-refractivity contribution is -0.145. The van der Waals surface area contributed by atoms with Crippen molar-refractivity contribution in [1.29, 1.82) is 0 Å². The number of carbonyl (C=O) groups is 1. The van der Waals surface area contributed by atoms with Crippen LogP contribution in [-0.2, 0) is 28.7 Å². The van der Waals surface area contributed by atoms with E-state index in [0.717, 1.165) is 146 Å². The first-order valence-corrected chi connectivity index (χ1v) is 21.2. The molecule has 24 heteroatoms. The van der Waals surface area contributed by atoms with Gasteiger partial charge < -0.3 is 0 Å². The van der Waals surface area contributed by atoms with Gasteiger partial charge in [-0.05, 0) is 89.5 Å². The zero-order chi connectivity index (χ0) is 52.7. The molecule has 6 aromatic heterocycles. The summed E-state index contributed by atoms with van der Waals surface area (Å²) in [7, 11) is 0. The van der Waals surface area contributed by atoms with Crippen LogP contribution >= 0.6 is 0 Å². The van der Waals surface area contributed by atoms with Crippen LogP contribution in [-0.4, -0.2) is 50.8 Å². The first-order chi connectivity index (χ1) is 35.2. The SMILES string of the molecule is NNC(=O)C(c1nc(C(F)(F)F)nc(-c2ccncc2)c1-c1ccc(F)cc1)(c1nc(C(F)(F)F)nc(-c2ccncc2)c1-c1ccc(F)cc1)c1nc(C(F)(F)F)nc(-c2ccncc2)c1-c1ccc(F)cc1. The number of pyridine rings is 3. The van der Waals surface area contributed by atoms with Crippen LogP contribution in [0.15, 0.2) is 146 Å². The van der Waals surface area contributed by atoms with E-state index in [4.69, 9.17) is 5.84 Å². The van der Waals surface area contributed by atoms with Gasteiger partial charge in [0.2, 0.25) is 17.5 Å². The van der Waals surface area contributed by atoms with Gasteiger partial charge in [-0.3, -0.25) is 25.2 Å². The maximum Gasteiger partial charge on any atom is 0.451 e. The van der Waals surface area contributed by atoms with Crippen molar-refractivity contribution in [2.75, 3.05) is 0 Å². The van der Waals surface area contributed by atoms with Crippen LogP contribution in [0.3, 0.4) is 0 Å². The highest BCUT2D eigenvalue weighted by molar-refractivity contribution is 6.04. The average molecular weight is 1030 g/mol. The minimum absolute atomic E-state index is 0.277. The van der Waals surface area contributed by atoms with E-state index in [1.807, 2.05) is 0 Å². The predicted octanol–water partition coefficient (Wildman–Crippen LogP) is 11.0. The van der Waals surface area contributed by atoms with Crippen molar-refractivity contribution in [2.24, 2.45) is 5.84 Å². The van der Waals surface area contributed by atoms with Crippen LogP contribution in [0.5, 0.6) is 0 Å². The summed E-state index contributed by atoms with van der Waals surface area (Å²) in [6, 6.07) is 17.3. The topological polar surface area (TPSA) is 171 Å². The zero-order valence-corrected chi connectivity index (χ0v) is 36.9. The number of benzene rings is 3. The number of nitrogens with one attached hydrogen (secondary N) is 1. The summed E-state index contributed by atoms with van der Waals surface area (Å²) in [4.78, 5) is 51.1. The number of carbonyl (C=O) groups excluding carboxylic acids is 1. The molecule has 0 saturated heterocycles. The highest BCUT2D eigenvalue weighted by atomic mass is 19.4. The van der Waals surface area contributed by atoms with Crippen molar-refractivity contribution < 1.29 is 57.5 Å². The van der Waals surface area contributed by atoms with Crippen LogP contribution in [0.25, 0.3) is 67.2 Å². The lowest BCUT2D eigenvalue weighted by Gasteiger charge is -2.37. The number of alkyl halides is 9. The second-order valence-electron chi connectivity index (χ2n) is 15.8. The number of amides is 1. The van der Waals surface area contributed by atoms with Crippen molar-refractivity contribution >= 4 is 5.91 Å². The first kappa shape index (κ1) is 49.9. The smallest absolute Gasteiger partial charge is 0.293 e. The summed E-state index contributed by atoms with van der Waals surface area (Å²) in [5, 5.41) is 0. The summed E-state index contributed by atoms with van der Waals surface area (Å²) in [6.07, 6.45) is -10.5. The summed E-state index contributed by atoms with van der Waals surface area (Å²) >= 11 is 0. The Hall–Kier alpha value is -9.06. The molecule has 0 aliphatic carbocycles. The maximum absolute atomic E-state index is 16.1. The fraction of sp³-hybridized carbons (Fsp3) is 0.0800. The minimum atomic E-state index is -5.68. The molecule has 0 aliphatic heterocycles. The van der Waals surface area contributed by atoms with Crippen molar-refractivity contribution in [3.8, 4) is 67.2 Å². The van der Waals surface area contributed by atoms with Crippen molar-refractivity contribution in [3.05, 3.63) is 198 Å². The van der Waals surface area contributed by atoms with Gasteiger partial charge in [-0.2, -0.15) is 39.5 Å². The van der Waals surface area contributed by atoms with E-state index in [9.17, 15) is 13.2 Å². The molecule has 0 radical (unpaired) electrons. The van der Waals surface area contributed by atoms with Gasteiger partial charge in [-0.1, -0.05) is 36.4 Å². The monoisotopic (exact) mass is 1030 g/mol. The van der Waals surface area contributed by atoms with Gasteiger partial charge in [0.05, 0.1) is 34.2 Å².